The number of halogens is 4. The van der Waals surface area contributed by atoms with Crippen molar-refractivity contribution in [3.8, 4) is 0 Å². The van der Waals surface area contributed by atoms with Crippen molar-refractivity contribution >= 4 is 58.3 Å². The van der Waals surface area contributed by atoms with Crippen molar-refractivity contribution in [3.63, 3.8) is 0 Å². The van der Waals surface area contributed by atoms with Crippen molar-refractivity contribution in [3.05, 3.63) is 56.2 Å². The lowest BCUT2D eigenvalue weighted by Gasteiger charge is -2.03. The van der Waals surface area contributed by atoms with Crippen molar-refractivity contribution in [2.24, 2.45) is 5.10 Å². The van der Waals surface area contributed by atoms with Crippen LogP contribution >= 0.6 is 46.4 Å². The summed E-state index contributed by atoms with van der Waals surface area (Å²) in [6.07, 6.45) is 1.52. The van der Waals surface area contributed by atoms with E-state index in [1.807, 2.05) is 0 Å². The fourth-order valence-corrected chi connectivity index (χ4v) is 2.12. The van der Waals surface area contributed by atoms with Gasteiger partial charge in [-0.2, -0.15) is 5.10 Å². The molecule has 0 saturated heterocycles. The van der Waals surface area contributed by atoms with Gasteiger partial charge in [0.05, 0.1) is 16.9 Å². The fourth-order valence-electron chi connectivity index (χ4n) is 1.27. The maximum atomic E-state index is 5.99. The molecule has 1 heterocycles. The molecule has 1 aromatic carbocycles. The van der Waals surface area contributed by atoms with Crippen molar-refractivity contribution in [2.75, 3.05) is 5.43 Å². The van der Waals surface area contributed by atoms with E-state index in [2.05, 4.69) is 15.5 Å². The first kappa shape index (κ1) is 14.4. The summed E-state index contributed by atoms with van der Waals surface area (Å²) in [4.78, 5) is 3.90. The highest BCUT2D eigenvalue weighted by molar-refractivity contribution is 6.36. The molecule has 3 nitrogen and oxygen atoms in total. The van der Waals surface area contributed by atoms with Gasteiger partial charge in [0.15, 0.2) is 0 Å². The summed E-state index contributed by atoms with van der Waals surface area (Å²) >= 11 is 23.4. The molecule has 0 atom stereocenters. The molecule has 2 rings (SSSR count). The van der Waals surface area contributed by atoms with Gasteiger partial charge in [0.1, 0.15) is 10.3 Å². The molecule has 7 heteroatoms. The van der Waals surface area contributed by atoms with E-state index in [1.165, 1.54) is 6.21 Å². The summed E-state index contributed by atoms with van der Waals surface area (Å²) in [5.41, 5.74) is 4.07. The van der Waals surface area contributed by atoms with E-state index in [4.69, 9.17) is 46.4 Å². The molecule has 0 saturated carbocycles. The monoisotopic (exact) mass is 333 g/mol. The van der Waals surface area contributed by atoms with Crippen molar-refractivity contribution in [1.29, 1.82) is 0 Å². The molecule has 0 aliphatic rings. The van der Waals surface area contributed by atoms with Crippen LogP contribution in [0.4, 0.5) is 5.69 Å². The van der Waals surface area contributed by atoms with Crippen LogP contribution in [0.1, 0.15) is 5.56 Å². The van der Waals surface area contributed by atoms with Gasteiger partial charge in [-0.1, -0.05) is 46.4 Å². The summed E-state index contributed by atoms with van der Waals surface area (Å²) in [7, 11) is 0. The smallest absolute Gasteiger partial charge is 0.139 e. The van der Waals surface area contributed by atoms with Crippen LogP contribution in [-0.4, -0.2) is 11.2 Å². The third kappa shape index (κ3) is 3.98. The van der Waals surface area contributed by atoms with Gasteiger partial charge >= 0.3 is 0 Å². The van der Waals surface area contributed by atoms with Crippen LogP contribution in [0.15, 0.2) is 35.4 Å². The Morgan fingerprint density at radius 3 is 2.53 bits per heavy atom. The lowest BCUT2D eigenvalue weighted by molar-refractivity contribution is 1.30. The van der Waals surface area contributed by atoms with Gasteiger partial charge < -0.3 is 0 Å². The molecule has 1 N–H and O–H groups in total. The Morgan fingerprint density at radius 2 is 1.84 bits per heavy atom. The summed E-state index contributed by atoms with van der Waals surface area (Å²) in [5.74, 6) is 0. The minimum Gasteiger partial charge on any atom is -0.277 e. The van der Waals surface area contributed by atoms with Crippen LogP contribution in [0.5, 0.6) is 0 Å². The Hall–Kier alpha value is -1.000. The number of anilines is 1. The quantitative estimate of drug-likeness (QED) is 0.479. The first-order valence-electron chi connectivity index (χ1n) is 5.12. The van der Waals surface area contributed by atoms with Crippen LogP contribution in [0, 0.1) is 0 Å². The predicted molar refractivity (Wildman–Crippen MR) is 81.9 cm³/mol. The summed E-state index contributed by atoms with van der Waals surface area (Å²) in [6.45, 7) is 0. The van der Waals surface area contributed by atoms with Crippen LogP contribution in [-0.2, 0) is 0 Å². The van der Waals surface area contributed by atoms with Crippen LogP contribution < -0.4 is 5.43 Å². The van der Waals surface area contributed by atoms with Crippen molar-refractivity contribution in [2.45, 2.75) is 0 Å². The summed E-state index contributed by atoms with van der Waals surface area (Å²) < 4.78 is 0. The molecule has 98 valence electrons. The van der Waals surface area contributed by atoms with Crippen LogP contribution in [0.2, 0.25) is 20.4 Å². The standard InChI is InChI=1S/C12H7Cl4N3/c13-8-2-3-10(9(14)5-8)19-17-6-7-1-4-11(15)18-12(7)16/h1-6,19H/b17-6-. The Kier molecular flexibility index (Phi) is 4.88. The number of hydrogen-bond acceptors (Lipinski definition) is 3. The van der Waals surface area contributed by atoms with Gasteiger partial charge in [0.2, 0.25) is 0 Å². The number of nitrogens with one attached hydrogen (secondary N) is 1. The normalized spacial score (nSPS) is 10.9. The zero-order valence-electron chi connectivity index (χ0n) is 9.37. The zero-order chi connectivity index (χ0) is 13.8. The Labute approximate surface area is 130 Å². The zero-order valence-corrected chi connectivity index (χ0v) is 12.4. The topological polar surface area (TPSA) is 37.3 Å². The highest BCUT2D eigenvalue weighted by Gasteiger charge is 2.01. The Bertz CT molecular complexity index is 628. The third-order valence-electron chi connectivity index (χ3n) is 2.16. The average Bonchev–Trinajstić information content (AvgIpc) is 2.34. The van der Waals surface area contributed by atoms with Gasteiger partial charge in [-0.3, -0.25) is 5.43 Å². The van der Waals surface area contributed by atoms with Gasteiger partial charge in [0, 0.05) is 10.6 Å². The van der Waals surface area contributed by atoms with Gasteiger partial charge in [-0.25, -0.2) is 4.98 Å². The Balaban J connectivity index is 2.11. The van der Waals surface area contributed by atoms with E-state index in [9.17, 15) is 0 Å². The molecular formula is C12H7Cl4N3. The molecule has 0 unspecified atom stereocenters. The van der Waals surface area contributed by atoms with E-state index >= 15 is 0 Å². The van der Waals surface area contributed by atoms with Crippen LogP contribution in [0.3, 0.4) is 0 Å². The molecule has 1 aromatic heterocycles. The third-order valence-corrected chi connectivity index (χ3v) is 3.22. The van der Waals surface area contributed by atoms with E-state index in [-0.39, 0.29) is 5.15 Å². The average molecular weight is 335 g/mol. The second-order valence-corrected chi connectivity index (χ2v) is 5.10. The number of benzene rings is 1. The largest absolute Gasteiger partial charge is 0.277 e. The number of aromatic nitrogens is 1. The predicted octanol–water partition coefficient (Wildman–Crippen LogP) is 5.14. The Morgan fingerprint density at radius 1 is 1.05 bits per heavy atom. The number of hydrazone groups is 1. The second kappa shape index (κ2) is 6.44. The van der Waals surface area contributed by atoms with Gasteiger partial charge in [-0.05, 0) is 30.3 Å². The lowest BCUT2D eigenvalue weighted by atomic mass is 10.3. The molecule has 0 spiro atoms. The molecule has 0 aliphatic carbocycles. The first-order valence-corrected chi connectivity index (χ1v) is 6.63. The minimum absolute atomic E-state index is 0.278. The molecular weight excluding hydrogens is 328 g/mol. The van der Waals surface area contributed by atoms with Crippen molar-refractivity contribution in [1.82, 2.24) is 4.98 Å². The summed E-state index contributed by atoms with van der Waals surface area (Å²) in [6, 6.07) is 8.40. The van der Waals surface area contributed by atoms with E-state index in [1.54, 1.807) is 30.3 Å². The number of rotatable bonds is 3. The molecule has 0 bridgehead atoms. The maximum Gasteiger partial charge on any atom is 0.139 e. The molecule has 0 radical (unpaired) electrons. The first-order chi connectivity index (χ1) is 9.06. The number of hydrogen-bond donors (Lipinski definition) is 1. The number of nitrogens with zero attached hydrogens (tertiary/aromatic N) is 2. The van der Waals surface area contributed by atoms with Crippen molar-refractivity contribution < 1.29 is 0 Å². The van der Waals surface area contributed by atoms with Crippen LogP contribution in [0.25, 0.3) is 0 Å². The maximum absolute atomic E-state index is 5.99. The molecule has 19 heavy (non-hydrogen) atoms. The lowest BCUT2D eigenvalue weighted by Crippen LogP contribution is -1.93. The van der Waals surface area contributed by atoms with Gasteiger partial charge in [-0.15, -0.1) is 0 Å². The molecule has 0 amide bonds. The van der Waals surface area contributed by atoms with Gasteiger partial charge in [0.25, 0.3) is 0 Å². The number of pyridine rings is 1. The van der Waals surface area contributed by atoms with E-state index in [0.717, 1.165) is 0 Å². The minimum atomic E-state index is 0.278. The van der Waals surface area contributed by atoms with E-state index < -0.39 is 0 Å². The highest BCUT2D eigenvalue weighted by Crippen LogP contribution is 2.25. The second-order valence-electron chi connectivity index (χ2n) is 3.51. The highest BCUT2D eigenvalue weighted by atomic mass is 35.5. The molecule has 0 fully saturated rings. The SMILES string of the molecule is Clc1ccc(N/N=C\c2ccc(Cl)nc2Cl)c(Cl)c1. The molecule has 2 aromatic rings. The molecule has 0 aliphatic heterocycles. The fraction of sp³-hybridized carbons (Fsp3) is 0. The summed E-state index contributed by atoms with van der Waals surface area (Å²) in [5, 5.41) is 5.67. The van der Waals surface area contributed by atoms with E-state index in [0.29, 0.717) is 26.4 Å².